The van der Waals surface area contributed by atoms with Crippen LogP contribution >= 0.6 is 0 Å². The van der Waals surface area contributed by atoms with E-state index in [1.807, 2.05) is 0 Å². The van der Waals surface area contributed by atoms with Crippen LogP contribution < -0.4 is 10.6 Å². The lowest BCUT2D eigenvalue weighted by Crippen LogP contribution is -2.57. The molecule has 3 heteroatoms. The molecule has 5 aliphatic rings. The van der Waals surface area contributed by atoms with Gasteiger partial charge in [0.05, 0.1) is 6.17 Å². The molecule has 1 saturated heterocycles. The van der Waals surface area contributed by atoms with Crippen molar-refractivity contribution in [3.05, 3.63) is 22.8 Å². The quantitative estimate of drug-likeness (QED) is 0.733. The molecule has 2 unspecified atom stereocenters. The zero-order valence-electron chi connectivity index (χ0n) is 18.4. The standard InChI is InChI=1S/C25H41N3/c1-17-5-4-6-20-16-26-24(18(2)23(17)20)27-21-7-9-22(10-8-21)28(3)25-13-11-19(15-25)12-14-25/h6,18-19,21-22,24,26-27H,4-5,7-16H2,1-3H3. The first-order valence-corrected chi connectivity index (χ1v) is 12.2. The van der Waals surface area contributed by atoms with Crippen LogP contribution in [0.4, 0.5) is 0 Å². The lowest BCUT2D eigenvalue weighted by molar-refractivity contribution is 0.0513. The molecule has 2 bridgehead atoms. The van der Waals surface area contributed by atoms with Crippen molar-refractivity contribution in [2.24, 2.45) is 11.8 Å². The number of allylic oxidation sites excluding steroid dienone is 2. The van der Waals surface area contributed by atoms with Crippen LogP contribution in [0.1, 0.15) is 84.5 Å². The predicted molar refractivity (Wildman–Crippen MR) is 117 cm³/mol. The highest BCUT2D eigenvalue weighted by molar-refractivity contribution is 5.42. The van der Waals surface area contributed by atoms with Crippen molar-refractivity contribution in [3.63, 3.8) is 0 Å². The Labute approximate surface area is 172 Å². The van der Waals surface area contributed by atoms with E-state index in [9.17, 15) is 0 Å². The van der Waals surface area contributed by atoms with Crippen LogP contribution in [-0.2, 0) is 0 Å². The van der Waals surface area contributed by atoms with Crippen LogP contribution in [-0.4, -0.2) is 42.3 Å². The highest BCUT2D eigenvalue weighted by Crippen LogP contribution is 2.52. The molecule has 28 heavy (non-hydrogen) atoms. The maximum atomic E-state index is 4.03. The minimum absolute atomic E-state index is 0.448. The molecule has 0 spiro atoms. The summed E-state index contributed by atoms with van der Waals surface area (Å²) < 4.78 is 0. The molecule has 0 aromatic carbocycles. The Morgan fingerprint density at radius 2 is 1.86 bits per heavy atom. The Balaban J connectivity index is 1.16. The molecule has 2 atom stereocenters. The van der Waals surface area contributed by atoms with E-state index in [-0.39, 0.29) is 0 Å². The van der Waals surface area contributed by atoms with Gasteiger partial charge in [-0.15, -0.1) is 0 Å². The maximum absolute atomic E-state index is 4.03. The van der Waals surface area contributed by atoms with E-state index in [1.165, 1.54) is 70.6 Å². The molecule has 0 radical (unpaired) electrons. The molecule has 4 aliphatic carbocycles. The molecule has 1 heterocycles. The summed E-state index contributed by atoms with van der Waals surface area (Å²) in [6.07, 6.45) is 18.3. The lowest BCUT2D eigenvalue weighted by atomic mass is 9.79. The SMILES string of the molecule is CC1=C2C(=CCC1)CNC(NC1CCC(N(C)C34CCC(CC3)C4)CC1)C2C. The average Bonchev–Trinajstić information content (AvgIpc) is 3.33. The van der Waals surface area contributed by atoms with E-state index < -0.39 is 0 Å². The Morgan fingerprint density at radius 3 is 2.54 bits per heavy atom. The number of fused-ring (bicyclic) bond motifs is 3. The number of hydrogen-bond acceptors (Lipinski definition) is 3. The van der Waals surface area contributed by atoms with Gasteiger partial charge in [0.2, 0.25) is 0 Å². The number of nitrogens with zero attached hydrogens (tertiary/aromatic N) is 1. The van der Waals surface area contributed by atoms with Crippen molar-refractivity contribution in [2.45, 2.75) is 108 Å². The molecule has 5 rings (SSSR count). The van der Waals surface area contributed by atoms with Crippen molar-refractivity contribution >= 4 is 0 Å². The van der Waals surface area contributed by atoms with E-state index in [0.29, 0.717) is 23.7 Å². The summed E-state index contributed by atoms with van der Waals surface area (Å²) in [4.78, 5) is 2.85. The van der Waals surface area contributed by atoms with Crippen molar-refractivity contribution in [1.29, 1.82) is 0 Å². The van der Waals surface area contributed by atoms with Crippen LogP contribution in [0.2, 0.25) is 0 Å². The van der Waals surface area contributed by atoms with Gasteiger partial charge in [-0.05, 0) is 102 Å². The van der Waals surface area contributed by atoms with E-state index in [1.54, 1.807) is 16.7 Å². The minimum atomic E-state index is 0.448. The van der Waals surface area contributed by atoms with Crippen LogP contribution in [0.5, 0.6) is 0 Å². The second-order valence-corrected chi connectivity index (χ2v) is 10.8. The van der Waals surface area contributed by atoms with Gasteiger partial charge in [0.1, 0.15) is 0 Å². The molecule has 3 nitrogen and oxygen atoms in total. The fraction of sp³-hybridized carbons (Fsp3) is 0.840. The lowest BCUT2D eigenvalue weighted by Gasteiger charge is -2.46. The molecular weight excluding hydrogens is 342 g/mol. The first kappa shape index (κ1) is 19.3. The van der Waals surface area contributed by atoms with Gasteiger partial charge < -0.3 is 0 Å². The van der Waals surface area contributed by atoms with Gasteiger partial charge in [-0.1, -0.05) is 18.6 Å². The smallest absolute Gasteiger partial charge is 0.0644 e. The third-order valence-corrected chi connectivity index (χ3v) is 9.30. The molecule has 0 amide bonds. The third-order valence-electron chi connectivity index (χ3n) is 9.30. The minimum Gasteiger partial charge on any atom is -0.299 e. The summed E-state index contributed by atoms with van der Waals surface area (Å²) in [5.41, 5.74) is 5.45. The Bertz CT molecular complexity index is 647. The molecule has 1 aliphatic heterocycles. The second-order valence-electron chi connectivity index (χ2n) is 10.8. The summed E-state index contributed by atoms with van der Waals surface area (Å²) in [7, 11) is 2.46. The monoisotopic (exact) mass is 383 g/mol. The normalized spacial score (nSPS) is 43.4. The zero-order chi connectivity index (χ0) is 19.3. The molecule has 2 N–H and O–H groups in total. The number of nitrogens with one attached hydrogen (secondary N) is 2. The maximum Gasteiger partial charge on any atom is 0.0644 e. The van der Waals surface area contributed by atoms with Crippen LogP contribution in [0.25, 0.3) is 0 Å². The van der Waals surface area contributed by atoms with Crippen molar-refractivity contribution in [1.82, 2.24) is 15.5 Å². The van der Waals surface area contributed by atoms with Gasteiger partial charge in [-0.3, -0.25) is 15.5 Å². The van der Waals surface area contributed by atoms with Gasteiger partial charge in [-0.25, -0.2) is 0 Å². The molecule has 4 fully saturated rings. The molecular formula is C25H41N3. The van der Waals surface area contributed by atoms with Crippen molar-refractivity contribution in [2.75, 3.05) is 13.6 Å². The first-order chi connectivity index (χ1) is 13.6. The molecule has 0 aromatic rings. The fourth-order valence-electron chi connectivity index (χ4n) is 7.52. The van der Waals surface area contributed by atoms with Crippen LogP contribution in [0.3, 0.4) is 0 Å². The predicted octanol–water partition coefficient (Wildman–Crippen LogP) is 4.75. The summed E-state index contributed by atoms with van der Waals surface area (Å²) in [6.45, 7) is 5.84. The highest BCUT2D eigenvalue weighted by atomic mass is 15.2. The van der Waals surface area contributed by atoms with Crippen LogP contribution in [0, 0.1) is 11.8 Å². The molecule has 156 valence electrons. The number of hydrogen-bond donors (Lipinski definition) is 2. The highest BCUT2D eigenvalue weighted by Gasteiger charge is 2.49. The van der Waals surface area contributed by atoms with Crippen molar-refractivity contribution in [3.8, 4) is 0 Å². The van der Waals surface area contributed by atoms with Gasteiger partial charge in [0.15, 0.2) is 0 Å². The van der Waals surface area contributed by atoms with E-state index in [0.717, 1.165) is 18.5 Å². The zero-order valence-corrected chi connectivity index (χ0v) is 18.4. The van der Waals surface area contributed by atoms with Crippen molar-refractivity contribution < 1.29 is 0 Å². The van der Waals surface area contributed by atoms with E-state index in [4.69, 9.17) is 0 Å². The summed E-state index contributed by atoms with van der Waals surface area (Å²) >= 11 is 0. The first-order valence-electron chi connectivity index (χ1n) is 12.2. The third kappa shape index (κ3) is 3.32. The van der Waals surface area contributed by atoms with Gasteiger partial charge in [-0.2, -0.15) is 0 Å². The van der Waals surface area contributed by atoms with E-state index >= 15 is 0 Å². The molecule has 0 aromatic heterocycles. The number of rotatable bonds is 4. The summed E-state index contributed by atoms with van der Waals surface area (Å²) in [6, 6.07) is 1.52. The Hall–Kier alpha value is -0.640. The Morgan fingerprint density at radius 1 is 1.11 bits per heavy atom. The number of piperidine rings is 1. The summed E-state index contributed by atoms with van der Waals surface area (Å²) in [5.74, 6) is 1.64. The van der Waals surface area contributed by atoms with Gasteiger partial charge in [0.25, 0.3) is 0 Å². The second kappa shape index (κ2) is 7.56. The van der Waals surface area contributed by atoms with Gasteiger partial charge in [0, 0.05) is 30.1 Å². The molecule has 3 saturated carbocycles. The topological polar surface area (TPSA) is 27.3 Å². The van der Waals surface area contributed by atoms with E-state index in [2.05, 4.69) is 42.5 Å². The summed E-state index contributed by atoms with van der Waals surface area (Å²) in [5, 5.41) is 7.84. The van der Waals surface area contributed by atoms with Crippen LogP contribution in [0.15, 0.2) is 22.8 Å². The Kier molecular flexibility index (Phi) is 5.22. The fourth-order valence-corrected chi connectivity index (χ4v) is 7.52. The van der Waals surface area contributed by atoms with Gasteiger partial charge >= 0.3 is 0 Å². The largest absolute Gasteiger partial charge is 0.299 e. The average molecular weight is 384 g/mol.